The minimum Gasteiger partial charge on any atom is -0.493 e. The monoisotopic (exact) mass is 466 g/mol. The third-order valence-electron chi connectivity index (χ3n) is 6.71. The summed E-state index contributed by atoms with van der Waals surface area (Å²) in [5.74, 6) is 1.69. The summed E-state index contributed by atoms with van der Waals surface area (Å²) in [5.41, 5.74) is 0.279. The van der Waals surface area contributed by atoms with Crippen molar-refractivity contribution in [3.8, 4) is 11.8 Å². The lowest BCUT2D eigenvalue weighted by Crippen LogP contribution is -2.27. The third kappa shape index (κ3) is 4.76. The quantitative estimate of drug-likeness (QED) is 0.484. The SMILES string of the molecule is C[C@H](NC(=O)CC#N)c1cc(C2CCC(F)(c3nc4ccc(OCC5CC5)cc4o3)CC2)no1. The van der Waals surface area contributed by atoms with Crippen LogP contribution < -0.4 is 10.1 Å². The summed E-state index contributed by atoms with van der Waals surface area (Å²) in [6.07, 6.45) is 3.91. The molecule has 0 aliphatic heterocycles. The zero-order valence-electron chi connectivity index (χ0n) is 19.1. The Morgan fingerprint density at radius 1 is 1.32 bits per heavy atom. The fourth-order valence-corrected chi connectivity index (χ4v) is 4.41. The molecule has 2 aliphatic rings. The number of hydrogen-bond acceptors (Lipinski definition) is 7. The van der Waals surface area contributed by atoms with Gasteiger partial charge in [0.25, 0.3) is 0 Å². The number of rotatable bonds is 8. The van der Waals surface area contributed by atoms with Gasteiger partial charge in [-0.05, 0) is 63.5 Å². The van der Waals surface area contributed by atoms with Crippen molar-refractivity contribution in [3.63, 3.8) is 0 Å². The topological polar surface area (TPSA) is 114 Å². The minimum absolute atomic E-state index is 0.0511. The van der Waals surface area contributed by atoms with Gasteiger partial charge in [0.1, 0.15) is 17.7 Å². The molecular formula is C25H27FN4O4. The van der Waals surface area contributed by atoms with Gasteiger partial charge in [0.05, 0.1) is 24.4 Å². The molecule has 0 saturated heterocycles. The Balaban J connectivity index is 1.22. The maximum atomic E-state index is 15.8. The first kappa shape index (κ1) is 22.4. The van der Waals surface area contributed by atoms with Crippen LogP contribution in [0.2, 0.25) is 0 Å². The van der Waals surface area contributed by atoms with Crippen molar-refractivity contribution in [2.45, 2.75) is 69.5 Å². The Bertz CT molecular complexity index is 1220. The fraction of sp³-hybridized carbons (Fsp3) is 0.520. The Morgan fingerprint density at radius 3 is 2.85 bits per heavy atom. The summed E-state index contributed by atoms with van der Waals surface area (Å²) in [7, 11) is 0. The van der Waals surface area contributed by atoms with Gasteiger partial charge < -0.3 is 19.0 Å². The van der Waals surface area contributed by atoms with Crippen LogP contribution in [-0.2, 0) is 10.5 Å². The lowest BCUT2D eigenvalue weighted by Gasteiger charge is -2.30. The molecule has 0 spiro atoms. The number of fused-ring (bicyclic) bond motifs is 1. The number of halogens is 1. The van der Waals surface area contributed by atoms with E-state index >= 15 is 4.39 Å². The first-order valence-electron chi connectivity index (χ1n) is 11.8. The zero-order chi connectivity index (χ0) is 23.7. The van der Waals surface area contributed by atoms with Gasteiger partial charge in [-0.15, -0.1) is 0 Å². The number of nitriles is 1. The lowest BCUT2D eigenvalue weighted by molar-refractivity contribution is -0.120. The molecule has 2 fully saturated rings. The normalized spacial score (nSPS) is 23.4. The minimum atomic E-state index is -1.63. The van der Waals surface area contributed by atoms with Crippen LogP contribution in [-0.4, -0.2) is 22.7 Å². The van der Waals surface area contributed by atoms with Crippen molar-refractivity contribution in [2.75, 3.05) is 6.61 Å². The average Bonchev–Trinajstić information content (AvgIpc) is 3.34. The third-order valence-corrected chi connectivity index (χ3v) is 6.71. The van der Waals surface area contributed by atoms with Crippen LogP contribution >= 0.6 is 0 Å². The average molecular weight is 467 g/mol. The number of aromatic nitrogens is 2. The second-order valence-electron chi connectivity index (χ2n) is 9.42. The van der Waals surface area contributed by atoms with Crippen LogP contribution in [0, 0.1) is 17.2 Å². The molecule has 5 rings (SSSR count). The van der Waals surface area contributed by atoms with Crippen molar-refractivity contribution in [1.29, 1.82) is 5.26 Å². The predicted molar refractivity (Wildman–Crippen MR) is 120 cm³/mol. The van der Waals surface area contributed by atoms with Gasteiger partial charge in [0.2, 0.25) is 11.8 Å². The number of alkyl halides is 1. The number of ether oxygens (including phenoxy) is 1. The van der Waals surface area contributed by atoms with E-state index in [-0.39, 0.29) is 37.0 Å². The molecular weight excluding hydrogens is 439 g/mol. The van der Waals surface area contributed by atoms with Crippen LogP contribution in [0.5, 0.6) is 5.75 Å². The summed E-state index contributed by atoms with van der Waals surface area (Å²) >= 11 is 0. The summed E-state index contributed by atoms with van der Waals surface area (Å²) in [4.78, 5) is 16.1. The maximum absolute atomic E-state index is 15.8. The van der Waals surface area contributed by atoms with E-state index in [4.69, 9.17) is 18.9 Å². The van der Waals surface area contributed by atoms with E-state index in [0.717, 1.165) is 11.4 Å². The molecule has 178 valence electrons. The second-order valence-corrected chi connectivity index (χ2v) is 9.42. The molecule has 9 heteroatoms. The molecule has 2 saturated carbocycles. The lowest BCUT2D eigenvalue weighted by atomic mass is 9.78. The van der Waals surface area contributed by atoms with Gasteiger partial charge in [0.15, 0.2) is 17.0 Å². The van der Waals surface area contributed by atoms with E-state index in [1.54, 1.807) is 19.1 Å². The highest BCUT2D eigenvalue weighted by molar-refractivity contribution is 5.78. The van der Waals surface area contributed by atoms with Crippen molar-refractivity contribution >= 4 is 17.0 Å². The van der Waals surface area contributed by atoms with Crippen molar-refractivity contribution in [3.05, 3.63) is 41.6 Å². The molecule has 1 atom stereocenters. The maximum Gasteiger partial charge on any atom is 0.234 e. The number of benzene rings is 1. The smallest absolute Gasteiger partial charge is 0.234 e. The molecule has 0 bridgehead atoms. The van der Waals surface area contributed by atoms with E-state index in [1.165, 1.54) is 12.8 Å². The fourth-order valence-electron chi connectivity index (χ4n) is 4.41. The van der Waals surface area contributed by atoms with Gasteiger partial charge in [-0.25, -0.2) is 9.37 Å². The van der Waals surface area contributed by atoms with Gasteiger partial charge in [-0.2, -0.15) is 5.26 Å². The highest BCUT2D eigenvalue weighted by Gasteiger charge is 2.42. The summed E-state index contributed by atoms with van der Waals surface area (Å²) in [6.45, 7) is 2.47. The number of nitrogens with zero attached hydrogens (tertiary/aromatic N) is 3. The molecule has 2 aromatic heterocycles. The van der Waals surface area contributed by atoms with Crippen LogP contribution in [0.1, 0.15) is 81.2 Å². The van der Waals surface area contributed by atoms with Gasteiger partial charge in [-0.3, -0.25) is 4.79 Å². The molecule has 8 nitrogen and oxygen atoms in total. The number of carbonyl (C=O) groups is 1. The van der Waals surface area contributed by atoms with E-state index in [2.05, 4.69) is 15.5 Å². The largest absolute Gasteiger partial charge is 0.493 e. The molecule has 3 aromatic rings. The van der Waals surface area contributed by atoms with E-state index < -0.39 is 11.7 Å². The number of hydrogen-bond donors (Lipinski definition) is 1. The summed E-state index contributed by atoms with van der Waals surface area (Å²) < 4.78 is 32.9. The Kier molecular flexibility index (Phi) is 5.98. The summed E-state index contributed by atoms with van der Waals surface area (Å²) in [6, 6.07) is 8.67. The molecule has 2 aliphatic carbocycles. The van der Waals surface area contributed by atoms with E-state index in [0.29, 0.717) is 42.2 Å². The zero-order valence-corrected chi connectivity index (χ0v) is 19.1. The molecule has 2 heterocycles. The highest BCUT2D eigenvalue weighted by atomic mass is 19.1. The molecule has 1 N–H and O–H groups in total. The van der Waals surface area contributed by atoms with Crippen molar-refractivity contribution < 1.29 is 22.9 Å². The van der Waals surface area contributed by atoms with E-state index in [1.807, 2.05) is 18.2 Å². The predicted octanol–water partition coefficient (Wildman–Crippen LogP) is 5.22. The van der Waals surface area contributed by atoms with Gasteiger partial charge in [0, 0.05) is 18.1 Å². The highest BCUT2D eigenvalue weighted by Crippen LogP contribution is 2.46. The Morgan fingerprint density at radius 2 is 2.12 bits per heavy atom. The number of amides is 1. The number of carbonyl (C=O) groups excluding carboxylic acids is 1. The van der Waals surface area contributed by atoms with E-state index in [9.17, 15) is 4.79 Å². The first-order chi connectivity index (χ1) is 16.4. The molecule has 0 radical (unpaired) electrons. The molecule has 34 heavy (non-hydrogen) atoms. The second kappa shape index (κ2) is 9.09. The molecule has 1 amide bonds. The Hall–Kier alpha value is -3.41. The Labute approximate surface area is 196 Å². The molecule has 1 aromatic carbocycles. The number of oxazole rings is 1. The van der Waals surface area contributed by atoms with Crippen LogP contribution in [0.25, 0.3) is 11.1 Å². The first-order valence-corrected chi connectivity index (χ1v) is 11.8. The van der Waals surface area contributed by atoms with Crippen molar-refractivity contribution in [2.24, 2.45) is 5.92 Å². The number of nitrogens with one attached hydrogen (secondary N) is 1. The standard InChI is InChI=1S/C25H27FN4O4/c1-15(28-23(31)8-11-27)21-13-20(30-34-21)17-6-9-25(26,10-7-17)24-29-19-5-4-18(12-22(19)33-24)32-14-16-2-3-16/h4-5,12-13,15-17H,2-3,6-10,14H2,1H3,(H,28,31)/t15-,17?,25?/m0/s1. The van der Waals surface area contributed by atoms with Crippen LogP contribution in [0.4, 0.5) is 4.39 Å². The molecule has 0 unspecified atom stereocenters. The van der Waals surface area contributed by atoms with Crippen LogP contribution in [0.3, 0.4) is 0 Å². The van der Waals surface area contributed by atoms with Crippen LogP contribution in [0.15, 0.2) is 33.2 Å². The van der Waals surface area contributed by atoms with Gasteiger partial charge in [-0.1, -0.05) is 5.16 Å². The summed E-state index contributed by atoms with van der Waals surface area (Å²) in [5, 5.41) is 15.5. The van der Waals surface area contributed by atoms with Crippen molar-refractivity contribution in [1.82, 2.24) is 15.5 Å². The van der Waals surface area contributed by atoms with Gasteiger partial charge >= 0.3 is 0 Å².